The summed E-state index contributed by atoms with van der Waals surface area (Å²) in [6.07, 6.45) is 5.15. The Kier molecular flexibility index (Phi) is 3.00. The molecule has 0 bridgehead atoms. The van der Waals surface area contributed by atoms with Crippen LogP contribution in [0.15, 0.2) is 15.3 Å². The predicted molar refractivity (Wildman–Crippen MR) is 68.8 cm³/mol. The lowest BCUT2D eigenvalue weighted by Crippen LogP contribution is -2.25. The number of thiophene rings is 1. The summed E-state index contributed by atoms with van der Waals surface area (Å²) in [5.41, 5.74) is 0.923. The average Bonchev–Trinajstić information content (AvgIpc) is 2.85. The van der Waals surface area contributed by atoms with Crippen molar-refractivity contribution in [1.82, 2.24) is 4.72 Å². The fraction of sp³-hybridized carbons (Fsp3) is 0.500. The molecule has 1 aliphatic heterocycles. The molecule has 0 spiro atoms. The van der Waals surface area contributed by atoms with Crippen LogP contribution in [0.1, 0.15) is 25.7 Å². The van der Waals surface area contributed by atoms with E-state index in [-0.39, 0.29) is 0 Å². The van der Waals surface area contributed by atoms with Gasteiger partial charge in [-0.1, -0.05) is 11.6 Å². The third-order valence-corrected chi connectivity index (χ3v) is 4.90. The molecular weight excluding hydrogens is 264 g/mol. The third-order valence-electron chi connectivity index (χ3n) is 2.68. The molecule has 0 unspecified atom stereocenters. The van der Waals surface area contributed by atoms with Crippen molar-refractivity contribution in [3.05, 3.63) is 10.4 Å². The summed E-state index contributed by atoms with van der Waals surface area (Å²) in [4.78, 5) is 4.42. The van der Waals surface area contributed by atoms with Gasteiger partial charge in [0.05, 0.1) is 10.0 Å². The zero-order valence-electron chi connectivity index (χ0n) is 8.53. The second-order valence-electron chi connectivity index (χ2n) is 3.87. The van der Waals surface area contributed by atoms with Gasteiger partial charge in [-0.2, -0.15) is 4.99 Å². The number of nitrogens with one attached hydrogen (secondary N) is 1. The molecule has 16 heavy (non-hydrogen) atoms. The van der Waals surface area contributed by atoms with Gasteiger partial charge in [-0.15, -0.1) is 11.3 Å². The molecule has 6 heteroatoms. The average molecular weight is 275 g/mol. The Labute approximate surface area is 107 Å². The van der Waals surface area contributed by atoms with Crippen LogP contribution in [0.5, 0.6) is 0 Å². The zero-order valence-corrected chi connectivity index (χ0v) is 10.9. The Bertz CT molecular complexity index is 426. The van der Waals surface area contributed by atoms with Crippen LogP contribution in [-0.2, 0) is 4.74 Å². The monoisotopic (exact) mass is 274 g/mol. The fourth-order valence-electron chi connectivity index (χ4n) is 1.92. The van der Waals surface area contributed by atoms with Gasteiger partial charge in [0.2, 0.25) is 0 Å². The lowest BCUT2D eigenvalue weighted by molar-refractivity contribution is 0.190. The third kappa shape index (κ3) is 2.17. The van der Waals surface area contributed by atoms with Crippen LogP contribution in [0.2, 0.25) is 4.34 Å². The van der Waals surface area contributed by atoms with E-state index in [1.165, 1.54) is 36.1 Å². The predicted octanol–water partition coefficient (Wildman–Crippen LogP) is 3.96. The van der Waals surface area contributed by atoms with Gasteiger partial charge < -0.3 is 4.74 Å². The largest absolute Gasteiger partial charge is 0.461 e. The smallest absolute Gasteiger partial charge is 0.300 e. The normalized spacial score (nSPS) is 20.2. The summed E-state index contributed by atoms with van der Waals surface area (Å²) < 4.78 is 10.8. The van der Waals surface area contributed by atoms with E-state index in [1.54, 1.807) is 0 Å². The lowest BCUT2D eigenvalue weighted by atomic mass is 10.3. The van der Waals surface area contributed by atoms with Crippen molar-refractivity contribution in [2.75, 3.05) is 0 Å². The van der Waals surface area contributed by atoms with Crippen LogP contribution in [0.25, 0.3) is 0 Å². The molecule has 3 rings (SSSR count). The van der Waals surface area contributed by atoms with Crippen molar-refractivity contribution < 1.29 is 4.74 Å². The van der Waals surface area contributed by atoms with E-state index in [1.807, 2.05) is 6.07 Å². The maximum atomic E-state index is 5.94. The first-order valence-corrected chi connectivity index (χ1v) is 7.30. The van der Waals surface area contributed by atoms with Crippen LogP contribution < -0.4 is 4.72 Å². The summed E-state index contributed by atoms with van der Waals surface area (Å²) >= 11 is 9.00. The van der Waals surface area contributed by atoms with E-state index in [0.29, 0.717) is 12.1 Å². The van der Waals surface area contributed by atoms with Crippen LogP contribution in [0, 0.1) is 0 Å². The van der Waals surface area contributed by atoms with Crippen LogP contribution in [-0.4, -0.2) is 12.1 Å². The van der Waals surface area contributed by atoms with Gasteiger partial charge in [0.15, 0.2) is 0 Å². The van der Waals surface area contributed by atoms with Gasteiger partial charge in [-0.05, 0) is 31.7 Å². The van der Waals surface area contributed by atoms with Gasteiger partial charge >= 0.3 is 6.02 Å². The minimum absolute atomic E-state index is 0.336. The van der Waals surface area contributed by atoms with Crippen molar-refractivity contribution >= 4 is 46.6 Å². The molecule has 1 aromatic rings. The standard InChI is InChI=1S/C10H11ClN2OS2/c11-8-5-7-9(15-8)16-13-10(12-7)14-6-3-1-2-4-6/h5-6H,1-4H2,(H,12,13). The number of rotatable bonds is 1. The van der Waals surface area contributed by atoms with Crippen molar-refractivity contribution in [1.29, 1.82) is 0 Å². The molecule has 1 N–H and O–H groups in total. The molecule has 0 aromatic carbocycles. The van der Waals surface area contributed by atoms with E-state index >= 15 is 0 Å². The number of hydrogen-bond donors (Lipinski definition) is 1. The molecule has 0 amide bonds. The van der Waals surface area contributed by atoms with Crippen molar-refractivity contribution in [3.63, 3.8) is 0 Å². The van der Waals surface area contributed by atoms with Gasteiger partial charge in [0.25, 0.3) is 0 Å². The van der Waals surface area contributed by atoms with E-state index in [2.05, 4.69) is 9.71 Å². The maximum Gasteiger partial charge on any atom is 0.300 e. The van der Waals surface area contributed by atoms with E-state index < -0.39 is 0 Å². The number of halogens is 1. The molecule has 0 radical (unpaired) electrons. The molecule has 1 fully saturated rings. The molecule has 1 aliphatic carbocycles. The Balaban J connectivity index is 1.75. The zero-order chi connectivity index (χ0) is 11.0. The SMILES string of the molecule is Clc1cc2c(s1)SNC(OC1CCCC1)=N2. The minimum atomic E-state index is 0.336. The molecule has 1 saturated carbocycles. The van der Waals surface area contributed by atoms with Crippen molar-refractivity contribution in [2.24, 2.45) is 4.99 Å². The molecule has 2 aliphatic rings. The molecule has 2 heterocycles. The quantitative estimate of drug-likeness (QED) is 0.787. The summed E-state index contributed by atoms with van der Waals surface area (Å²) in [5.74, 6) is 0. The first-order chi connectivity index (χ1) is 7.81. The van der Waals surface area contributed by atoms with Gasteiger partial charge in [0.1, 0.15) is 10.3 Å². The van der Waals surface area contributed by atoms with E-state index in [9.17, 15) is 0 Å². The van der Waals surface area contributed by atoms with Gasteiger partial charge in [0, 0.05) is 11.9 Å². The molecule has 3 nitrogen and oxygen atoms in total. The van der Waals surface area contributed by atoms with Crippen LogP contribution in [0.3, 0.4) is 0 Å². The summed E-state index contributed by atoms with van der Waals surface area (Å²) in [6, 6.07) is 2.51. The minimum Gasteiger partial charge on any atom is -0.461 e. The summed E-state index contributed by atoms with van der Waals surface area (Å²) in [6.45, 7) is 0. The molecule has 0 saturated heterocycles. The number of amidine groups is 1. The van der Waals surface area contributed by atoms with Crippen LogP contribution in [0.4, 0.5) is 5.69 Å². The van der Waals surface area contributed by atoms with Crippen LogP contribution >= 0.6 is 34.9 Å². The Morgan fingerprint density at radius 1 is 1.44 bits per heavy atom. The fourth-order valence-corrected chi connectivity index (χ4v) is 4.00. The molecular formula is C10H11ClN2OS2. The lowest BCUT2D eigenvalue weighted by Gasteiger charge is -2.17. The van der Waals surface area contributed by atoms with Gasteiger partial charge in [-0.3, -0.25) is 4.72 Å². The van der Waals surface area contributed by atoms with E-state index in [4.69, 9.17) is 16.3 Å². The number of nitrogens with zero attached hydrogens (tertiary/aromatic N) is 1. The maximum absolute atomic E-state index is 5.94. The Morgan fingerprint density at radius 2 is 2.25 bits per heavy atom. The summed E-state index contributed by atoms with van der Waals surface area (Å²) in [7, 11) is 0. The molecule has 86 valence electrons. The Morgan fingerprint density at radius 3 is 3.06 bits per heavy atom. The number of hydrogen-bond acceptors (Lipinski definition) is 5. The van der Waals surface area contributed by atoms with Crippen molar-refractivity contribution in [3.8, 4) is 0 Å². The first kappa shape index (κ1) is 10.7. The second kappa shape index (κ2) is 4.47. The topological polar surface area (TPSA) is 33.6 Å². The number of aliphatic imine (C=N–C) groups is 1. The highest BCUT2D eigenvalue weighted by molar-refractivity contribution is 8.00. The number of fused-ring (bicyclic) bond motifs is 1. The Hall–Kier alpha value is -0.390. The molecule has 0 atom stereocenters. The van der Waals surface area contributed by atoms with E-state index in [0.717, 1.165) is 27.1 Å². The van der Waals surface area contributed by atoms with Gasteiger partial charge in [-0.25, -0.2) is 0 Å². The first-order valence-electron chi connectivity index (χ1n) is 5.29. The highest BCUT2D eigenvalue weighted by atomic mass is 35.5. The number of ether oxygens (including phenoxy) is 1. The highest BCUT2D eigenvalue weighted by Gasteiger charge is 2.22. The second-order valence-corrected chi connectivity index (χ2v) is 6.63. The van der Waals surface area contributed by atoms with Crippen molar-refractivity contribution in [2.45, 2.75) is 36.0 Å². The molecule has 1 aromatic heterocycles. The highest BCUT2D eigenvalue weighted by Crippen LogP contribution is 2.41. The summed E-state index contributed by atoms with van der Waals surface area (Å²) in [5, 5.41) is 0.